The molecule has 1 fully saturated rings. The van der Waals surface area contributed by atoms with E-state index in [2.05, 4.69) is 29.5 Å². The molecule has 1 aliphatic rings. The minimum atomic E-state index is -0.0250. The van der Waals surface area contributed by atoms with Gasteiger partial charge in [0.15, 0.2) is 5.76 Å². The number of carbonyl (C=O) groups excluding carboxylic acids is 1. The number of urea groups is 1. The van der Waals surface area contributed by atoms with Crippen molar-refractivity contribution in [2.45, 2.75) is 45.7 Å². The summed E-state index contributed by atoms with van der Waals surface area (Å²) in [6.07, 6.45) is 2.97. The Morgan fingerprint density at radius 1 is 1.50 bits per heavy atom. The molecule has 0 saturated carbocycles. The van der Waals surface area contributed by atoms with Crippen LogP contribution in [0.5, 0.6) is 0 Å². The molecule has 118 valence electrons. The van der Waals surface area contributed by atoms with Crippen LogP contribution in [-0.2, 0) is 13.0 Å². The maximum Gasteiger partial charge on any atom is 0.318 e. The second-order valence-corrected chi connectivity index (χ2v) is 6.86. The van der Waals surface area contributed by atoms with Crippen LogP contribution in [0.25, 0.3) is 0 Å². The van der Waals surface area contributed by atoms with Crippen molar-refractivity contribution in [3.8, 4) is 0 Å². The molecule has 0 spiro atoms. The van der Waals surface area contributed by atoms with Crippen LogP contribution >= 0.6 is 11.3 Å². The van der Waals surface area contributed by atoms with E-state index >= 15 is 0 Å². The zero-order valence-electron chi connectivity index (χ0n) is 13.0. The first-order chi connectivity index (χ1) is 10.7. The zero-order valence-corrected chi connectivity index (χ0v) is 13.8. The fourth-order valence-corrected chi connectivity index (χ4v) is 3.72. The van der Waals surface area contributed by atoms with Crippen molar-refractivity contribution in [2.24, 2.45) is 0 Å². The molecule has 3 rings (SSSR count). The number of rotatable bonds is 4. The lowest BCUT2D eigenvalue weighted by molar-refractivity contribution is 0.182. The average Bonchev–Trinajstić information content (AvgIpc) is 3.24. The lowest BCUT2D eigenvalue weighted by Crippen LogP contribution is -2.38. The van der Waals surface area contributed by atoms with Crippen molar-refractivity contribution in [1.82, 2.24) is 15.4 Å². The van der Waals surface area contributed by atoms with Gasteiger partial charge in [0, 0.05) is 22.4 Å². The third kappa shape index (κ3) is 3.16. The number of hydrogen-bond acceptors (Lipinski definition) is 4. The highest BCUT2D eigenvalue weighted by Crippen LogP contribution is 2.32. The highest BCUT2D eigenvalue weighted by atomic mass is 32.1. The molecular formula is C16H21N3O2S. The standard InChI is InChI=1S/C16H21N3O2S/c1-3-12-6-7-13(22-12)10-17-16(20)19-8-4-5-14(19)15-9-11(2)18-21-15/h6-7,9,14H,3-5,8,10H2,1-2H3,(H,17,20)/t14-/m0/s1. The van der Waals surface area contributed by atoms with Crippen LogP contribution in [0.3, 0.4) is 0 Å². The fraction of sp³-hybridized carbons (Fsp3) is 0.500. The van der Waals surface area contributed by atoms with Crippen LogP contribution < -0.4 is 5.32 Å². The Balaban J connectivity index is 1.61. The first-order valence-electron chi connectivity index (χ1n) is 7.72. The maximum absolute atomic E-state index is 12.4. The molecule has 0 unspecified atom stereocenters. The Labute approximate surface area is 134 Å². The lowest BCUT2D eigenvalue weighted by Gasteiger charge is -2.22. The Morgan fingerprint density at radius 2 is 2.32 bits per heavy atom. The average molecular weight is 319 g/mol. The van der Waals surface area contributed by atoms with Crippen molar-refractivity contribution in [3.05, 3.63) is 39.4 Å². The molecule has 1 N–H and O–H groups in total. The minimum Gasteiger partial charge on any atom is -0.359 e. The summed E-state index contributed by atoms with van der Waals surface area (Å²) in [6.45, 7) is 5.39. The number of hydrogen-bond donors (Lipinski definition) is 1. The van der Waals surface area contributed by atoms with Crippen molar-refractivity contribution in [1.29, 1.82) is 0 Å². The van der Waals surface area contributed by atoms with E-state index in [4.69, 9.17) is 4.52 Å². The molecule has 2 amide bonds. The molecule has 2 aromatic rings. The summed E-state index contributed by atoms with van der Waals surface area (Å²) in [6, 6.07) is 6.12. The van der Waals surface area contributed by atoms with Crippen LogP contribution in [0.15, 0.2) is 22.7 Å². The van der Waals surface area contributed by atoms with Gasteiger partial charge < -0.3 is 14.7 Å². The molecule has 22 heavy (non-hydrogen) atoms. The molecule has 1 saturated heterocycles. The summed E-state index contributed by atoms with van der Waals surface area (Å²) in [5.74, 6) is 0.787. The fourth-order valence-electron chi connectivity index (χ4n) is 2.82. The molecule has 0 aromatic carbocycles. The van der Waals surface area contributed by atoms with Crippen LogP contribution in [0.1, 0.15) is 47.0 Å². The van der Waals surface area contributed by atoms with Crippen LogP contribution in [0, 0.1) is 6.92 Å². The highest BCUT2D eigenvalue weighted by molar-refractivity contribution is 7.11. The Hall–Kier alpha value is -1.82. The van der Waals surface area contributed by atoms with E-state index < -0.39 is 0 Å². The second kappa shape index (κ2) is 6.52. The van der Waals surface area contributed by atoms with Gasteiger partial charge in [0.05, 0.1) is 18.3 Å². The summed E-state index contributed by atoms with van der Waals surface area (Å²) in [5, 5.41) is 6.95. The van der Waals surface area contributed by atoms with Gasteiger partial charge in [-0.2, -0.15) is 0 Å². The SMILES string of the molecule is CCc1ccc(CNC(=O)N2CCC[C@H]2c2cc(C)no2)s1. The van der Waals surface area contributed by atoms with Gasteiger partial charge in [-0.3, -0.25) is 0 Å². The third-order valence-electron chi connectivity index (χ3n) is 3.97. The van der Waals surface area contributed by atoms with Gasteiger partial charge in [0.2, 0.25) is 0 Å². The van der Waals surface area contributed by atoms with E-state index in [9.17, 15) is 4.79 Å². The monoisotopic (exact) mass is 319 g/mol. The van der Waals surface area contributed by atoms with Crippen molar-refractivity contribution in [3.63, 3.8) is 0 Å². The third-order valence-corrected chi connectivity index (χ3v) is 5.20. The van der Waals surface area contributed by atoms with Crippen LogP contribution in [0.2, 0.25) is 0 Å². The Kier molecular flexibility index (Phi) is 4.47. The van der Waals surface area contributed by atoms with Gasteiger partial charge in [0.25, 0.3) is 0 Å². The predicted octanol–water partition coefficient (Wildman–Crippen LogP) is 3.65. The molecule has 1 atom stereocenters. The van der Waals surface area contributed by atoms with E-state index in [0.717, 1.165) is 37.3 Å². The number of aromatic nitrogens is 1. The lowest BCUT2D eigenvalue weighted by atomic mass is 10.1. The van der Waals surface area contributed by atoms with Gasteiger partial charge in [-0.1, -0.05) is 12.1 Å². The Morgan fingerprint density at radius 3 is 3.00 bits per heavy atom. The van der Waals surface area contributed by atoms with E-state index in [0.29, 0.717) is 6.54 Å². The first kappa shape index (κ1) is 15.1. The van der Waals surface area contributed by atoms with Crippen molar-refractivity contribution < 1.29 is 9.32 Å². The molecule has 1 aliphatic heterocycles. The minimum absolute atomic E-state index is 0.00994. The van der Waals surface area contributed by atoms with E-state index in [1.807, 2.05) is 17.9 Å². The number of carbonyl (C=O) groups is 1. The number of nitrogens with one attached hydrogen (secondary N) is 1. The number of aryl methyl sites for hydroxylation is 2. The molecular weight excluding hydrogens is 298 g/mol. The van der Waals surface area contributed by atoms with Gasteiger partial charge in [0.1, 0.15) is 0 Å². The summed E-state index contributed by atoms with van der Waals surface area (Å²) >= 11 is 1.76. The number of likely N-dealkylation sites (tertiary alicyclic amines) is 1. The van der Waals surface area contributed by atoms with E-state index in [1.165, 1.54) is 9.75 Å². The van der Waals surface area contributed by atoms with E-state index in [1.54, 1.807) is 11.3 Å². The second-order valence-electron chi connectivity index (χ2n) is 5.60. The molecule has 2 aromatic heterocycles. The quantitative estimate of drug-likeness (QED) is 0.935. The Bertz CT molecular complexity index is 649. The number of nitrogens with zero attached hydrogens (tertiary/aromatic N) is 2. The molecule has 3 heterocycles. The molecule has 0 bridgehead atoms. The molecule has 0 radical (unpaired) electrons. The van der Waals surface area contributed by atoms with Crippen molar-refractivity contribution in [2.75, 3.05) is 6.54 Å². The normalized spacial score (nSPS) is 17.9. The predicted molar refractivity (Wildman–Crippen MR) is 85.9 cm³/mol. The number of amides is 2. The topological polar surface area (TPSA) is 58.4 Å². The molecule has 5 nitrogen and oxygen atoms in total. The first-order valence-corrected chi connectivity index (χ1v) is 8.54. The molecule has 6 heteroatoms. The summed E-state index contributed by atoms with van der Waals surface area (Å²) in [5.41, 5.74) is 0.855. The van der Waals surface area contributed by atoms with Gasteiger partial charge in [-0.25, -0.2) is 4.79 Å². The number of thiophene rings is 1. The smallest absolute Gasteiger partial charge is 0.318 e. The highest BCUT2D eigenvalue weighted by Gasteiger charge is 2.32. The van der Waals surface area contributed by atoms with Crippen LogP contribution in [-0.4, -0.2) is 22.6 Å². The van der Waals surface area contributed by atoms with Gasteiger partial charge in [-0.05, 0) is 38.3 Å². The molecule has 0 aliphatic carbocycles. The van der Waals surface area contributed by atoms with Gasteiger partial charge in [-0.15, -0.1) is 11.3 Å². The largest absolute Gasteiger partial charge is 0.359 e. The summed E-state index contributed by atoms with van der Waals surface area (Å²) in [7, 11) is 0. The van der Waals surface area contributed by atoms with Crippen molar-refractivity contribution >= 4 is 17.4 Å². The van der Waals surface area contributed by atoms with Gasteiger partial charge >= 0.3 is 6.03 Å². The van der Waals surface area contributed by atoms with Crippen LogP contribution in [0.4, 0.5) is 4.79 Å². The summed E-state index contributed by atoms with van der Waals surface area (Å²) < 4.78 is 5.34. The summed E-state index contributed by atoms with van der Waals surface area (Å²) in [4.78, 5) is 16.8. The zero-order chi connectivity index (χ0) is 15.5. The maximum atomic E-state index is 12.4. The van der Waals surface area contributed by atoms with E-state index in [-0.39, 0.29) is 12.1 Å².